The number of fused-ring (bicyclic) bond motifs is 6. The van der Waals surface area contributed by atoms with Crippen molar-refractivity contribution in [1.29, 1.82) is 0 Å². The number of rotatable bonds is 4. The molecule has 0 aliphatic rings. The smallest absolute Gasteiger partial charge is 0.222 e. The molecule has 8 aromatic rings. The normalized spacial score (nSPS) is 12.1. The van der Waals surface area contributed by atoms with Gasteiger partial charge in [-0.05, 0) is 63.5 Å². The Bertz CT molecular complexity index is 2310. The van der Waals surface area contributed by atoms with Crippen molar-refractivity contribution in [2.45, 2.75) is 13.3 Å². The lowest BCUT2D eigenvalue weighted by atomic mass is 9.87. The molecule has 0 atom stereocenters. The van der Waals surface area contributed by atoms with Crippen molar-refractivity contribution in [2.24, 2.45) is 7.05 Å². The van der Waals surface area contributed by atoms with Crippen LogP contribution in [0.3, 0.4) is 0 Å². The van der Waals surface area contributed by atoms with Gasteiger partial charge < -0.3 is 0 Å². The van der Waals surface area contributed by atoms with Crippen LogP contribution >= 0.6 is 0 Å². The second kappa shape index (κ2) is 9.25. The Kier molecular flexibility index (Phi) is 5.36. The summed E-state index contributed by atoms with van der Waals surface area (Å²) in [6.07, 6.45) is 7.67. The number of allylic oxidation sites excluding steroid dienone is 1. The fourth-order valence-electron chi connectivity index (χ4n) is 6.80. The van der Waals surface area contributed by atoms with E-state index in [1.54, 1.807) is 0 Å². The Morgan fingerprint density at radius 2 is 1.24 bits per heavy atom. The first kappa shape index (κ1) is 23.8. The quantitative estimate of drug-likeness (QED) is 0.127. The van der Waals surface area contributed by atoms with Crippen LogP contribution in [0.5, 0.6) is 0 Å². The molecule has 41 heavy (non-hydrogen) atoms. The molecule has 0 spiro atoms. The van der Waals surface area contributed by atoms with Crippen molar-refractivity contribution in [3.8, 4) is 11.3 Å². The number of pyridine rings is 2. The van der Waals surface area contributed by atoms with Crippen LogP contribution in [0.1, 0.15) is 16.8 Å². The van der Waals surface area contributed by atoms with Crippen molar-refractivity contribution >= 4 is 60.1 Å². The average Bonchev–Trinajstić information content (AvgIpc) is 3.01. The van der Waals surface area contributed by atoms with Gasteiger partial charge in [0.1, 0.15) is 7.05 Å². The van der Waals surface area contributed by atoms with Gasteiger partial charge in [-0.25, -0.2) is 4.57 Å². The zero-order valence-corrected chi connectivity index (χ0v) is 23.2. The number of aryl methyl sites for hydroxylation is 2. The summed E-state index contributed by atoms with van der Waals surface area (Å²) in [7, 11) is 2.18. The maximum atomic E-state index is 4.79. The first-order valence-electron chi connectivity index (χ1n) is 14.3. The van der Waals surface area contributed by atoms with E-state index in [4.69, 9.17) is 4.98 Å². The largest absolute Gasteiger partial charge is 0.253 e. The summed E-state index contributed by atoms with van der Waals surface area (Å²) in [4.78, 5) is 4.79. The van der Waals surface area contributed by atoms with E-state index in [1.165, 1.54) is 70.7 Å². The number of benzene rings is 6. The number of hydrogen-bond donors (Lipinski definition) is 0. The lowest BCUT2D eigenvalue weighted by molar-refractivity contribution is -0.643. The van der Waals surface area contributed by atoms with Crippen LogP contribution in [0.15, 0.2) is 121 Å². The van der Waals surface area contributed by atoms with Gasteiger partial charge in [-0.2, -0.15) is 0 Å². The van der Waals surface area contributed by atoms with E-state index in [0.717, 1.165) is 17.8 Å². The Labute approximate surface area is 239 Å². The first-order valence-corrected chi connectivity index (χ1v) is 14.3. The molecule has 2 aromatic heterocycles. The topological polar surface area (TPSA) is 16.8 Å². The SMILES string of the molecule is Cc1cccc(-c2ccccc2C/C=C/c2cccc3c4cccc5c6ccccc6c6cc[n+](C)c(c23)c6c54)n1. The van der Waals surface area contributed by atoms with Gasteiger partial charge in [0.25, 0.3) is 0 Å². The molecular weight excluding hydrogens is 496 g/mol. The third-order valence-electron chi connectivity index (χ3n) is 8.59. The van der Waals surface area contributed by atoms with Gasteiger partial charge in [0.05, 0.1) is 16.5 Å². The molecule has 0 radical (unpaired) electrons. The van der Waals surface area contributed by atoms with Gasteiger partial charge in [0, 0.05) is 28.1 Å². The maximum absolute atomic E-state index is 4.79. The molecule has 0 saturated heterocycles. The molecular formula is C39H29N2+. The summed E-state index contributed by atoms with van der Waals surface area (Å²) in [5, 5.41) is 11.9. The second-order valence-corrected chi connectivity index (χ2v) is 11.0. The van der Waals surface area contributed by atoms with E-state index >= 15 is 0 Å². The van der Waals surface area contributed by atoms with Crippen LogP contribution in [-0.2, 0) is 13.5 Å². The molecule has 0 fully saturated rings. The van der Waals surface area contributed by atoms with Gasteiger partial charge in [0.15, 0.2) is 6.20 Å². The summed E-state index contributed by atoms with van der Waals surface area (Å²) in [5.74, 6) is 0. The number of nitrogens with zero attached hydrogens (tertiary/aromatic N) is 2. The molecule has 0 unspecified atom stereocenters. The molecule has 0 aliphatic heterocycles. The molecule has 0 bridgehead atoms. The van der Waals surface area contributed by atoms with Crippen LogP contribution in [0.2, 0.25) is 0 Å². The minimum atomic E-state index is 0.836. The Hall–Kier alpha value is -5.08. The van der Waals surface area contributed by atoms with Crippen molar-refractivity contribution in [2.75, 3.05) is 0 Å². The summed E-state index contributed by atoms with van der Waals surface area (Å²) < 4.78 is 2.31. The Balaban J connectivity index is 1.36. The third kappa shape index (κ3) is 3.64. The van der Waals surface area contributed by atoms with Gasteiger partial charge in [-0.3, -0.25) is 4.98 Å². The number of hydrogen-bond acceptors (Lipinski definition) is 1. The highest BCUT2D eigenvalue weighted by Gasteiger charge is 2.22. The van der Waals surface area contributed by atoms with Crippen LogP contribution in [0.25, 0.3) is 71.3 Å². The maximum Gasteiger partial charge on any atom is 0.222 e. The molecule has 0 amide bonds. The molecule has 0 saturated carbocycles. The second-order valence-electron chi connectivity index (χ2n) is 11.0. The lowest BCUT2D eigenvalue weighted by Gasteiger charge is -2.16. The van der Waals surface area contributed by atoms with Gasteiger partial charge >= 0.3 is 0 Å². The van der Waals surface area contributed by atoms with Crippen LogP contribution in [0, 0.1) is 6.92 Å². The summed E-state index contributed by atoms with van der Waals surface area (Å²) in [6, 6.07) is 39.5. The van der Waals surface area contributed by atoms with Crippen molar-refractivity contribution < 1.29 is 4.57 Å². The Morgan fingerprint density at radius 3 is 2.05 bits per heavy atom. The van der Waals surface area contributed by atoms with Crippen molar-refractivity contribution in [1.82, 2.24) is 4.98 Å². The van der Waals surface area contributed by atoms with Crippen molar-refractivity contribution in [3.63, 3.8) is 0 Å². The lowest BCUT2D eigenvalue weighted by Crippen LogP contribution is -2.28. The highest BCUT2D eigenvalue weighted by molar-refractivity contribution is 6.39. The fourth-order valence-corrected chi connectivity index (χ4v) is 6.80. The highest BCUT2D eigenvalue weighted by atomic mass is 14.9. The van der Waals surface area contributed by atoms with Crippen LogP contribution in [0.4, 0.5) is 0 Å². The van der Waals surface area contributed by atoms with Crippen molar-refractivity contribution in [3.05, 3.63) is 138 Å². The first-order chi connectivity index (χ1) is 20.2. The monoisotopic (exact) mass is 525 g/mol. The van der Waals surface area contributed by atoms with Crippen LogP contribution in [-0.4, -0.2) is 4.98 Å². The van der Waals surface area contributed by atoms with Crippen LogP contribution < -0.4 is 4.57 Å². The minimum Gasteiger partial charge on any atom is -0.253 e. The zero-order chi connectivity index (χ0) is 27.5. The predicted molar refractivity (Wildman–Crippen MR) is 173 cm³/mol. The van der Waals surface area contributed by atoms with E-state index in [0.29, 0.717) is 0 Å². The molecule has 8 rings (SSSR count). The zero-order valence-electron chi connectivity index (χ0n) is 23.2. The van der Waals surface area contributed by atoms with Gasteiger partial charge in [0.2, 0.25) is 5.52 Å². The molecule has 0 N–H and O–H groups in total. The molecule has 2 heteroatoms. The number of aromatic nitrogens is 2. The predicted octanol–water partition coefficient (Wildman–Crippen LogP) is 9.34. The summed E-state index contributed by atoms with van der Waals surface area (Å²) in [6.45, 7) is 2.05. The van der Waals surface area contributed by atoms with E-state index in [2.05, 4.69) is 133 Å². The summed E-state index contributed by atoms with van der Waals surface area (Å²) in [5.41, 5.74) is 7.07. The third-order valence-corrected chi connectivity index (χ3v) is 8.59. The van der Waals surface area contributed by atoms with Gasteiger partial charge in [-0.1, -0.05) is 103 Å². The molecule has 0 aliphatic carbocycles. The standard InChI is InChI=1S/C39H29N2/c1-25-11-7-22-35(40-25)28-16-4-3-12-26(28)13-8-14-27-15-9-19-32-33-21-10-20-31-29-17-5-6-18-30(29)34-23-24-41(2)39(36(27)32)38(34)37(31)33/h3-12,14-24H,13H2,1-2H3/q+1/b14-8+. The molecule has 194 valence electrons. The molecule has 2 nitrogen and oxygen atoms in total. The fraction of sp³-hybridized carbons (Fsp3) is 0.0769. The van der Waals surface area contributed by atoms with E-state index in [9.17, 15) is 0 Å². The van der Waals surface area contributed by atoms with Gasteiger partial charge in [-0.15, -0.1) is 0 Å². The molecule has 2 heterocycles. The summed E-state index contributed by atoms with van der Waals surface area (Å²) >= 11 is 0. The average molecular weight is 526 g/mol. The Morgan fingerprint density at radius 1 is 0.610 bits per heavy atom. The van der Waals surface area contributed by atoms with E-state index in [1.807, 2.05) is 13.0 Å². The molecule has 6 aromatic carbocycles. The van der Waals surface area contributed by atoms with E-state index in [-0.39, 0.29) is 0 Å². The highest BCUT2D eigenvalue weighted by Crippen LogP contribution is 2.44. The minimum absolute atomic E-state index is 0.836. The van der Waals surface area contributed by atoms with E-state index < -0.39 is 0 Å².